The first-order valence-corrected chi connectivity index (χ1v) is 10.2. The van der Waals surface area contributed by atoms with Crippen molar-refractivity contribution in [3.05, 3.63) is 90.6 Å². The Labute approximate surface area is 181 Å². The molecule has 0 aliphatic carbocycles. The Morgan fingerprint density at radius 3 is 2.47 bits per heavy atom. The molecule has 0 atom stereocenters. The van der Waals surface area contributed by atoms with Crippen LogP contribution in [0.25, 0.3) is 0 Å². The van der Waals surface area contributed by atoms with E-state index in [4.69, 9.17) is 0 Å². The lowest BCUT2D eigenvalue weighted by Crippen LogP contribution is -2.15. The first-order valence-electron chi connectivity index (χ1n) is 9.34. The summed E-state index contributed by atoms with van der Waals surface area (Å²) >= 11 is 1.55. The summed E-state index contributed by atoms with van der Waals surface area (Å²) in [7, 11) is 3.90. The summed E-state index contributed by atoms with van der Waals surface area (Å²) in [4.78, 5) is 16.6. The Hall–Kier alpha value is -3.69. The average molecular weight is 415 g/mol. The van der Waals surface area contributed by atoms with E-state index in [1.807, 2.05) is 104 Å². The van der Waals surface area contributed by atoms with Crippen LogP contribution in [-0.4, -0.2) is 20.0 Å². The molecule has 0 heterocycles. The molecule has 3 aromatic rings. The number of para-hydroxylation sites is 1. The van der Waals surface area contributed by atoms with Crippen molar-refractivity contribution in [2.75, 3.05) is 29.6 Å². The van der Waals surface area contributed by atoms with Gasteiger partial charge in [-0.2, -0.15) is 5.26 Å². The zero-order chi connectivity index (χ0) is 21.3. The highest BCUT2D eigenvalue weighted by Crippen LogP contribution is 2.33. The maximum atomic E-state index is 12.7. The lowest BCUT2D eigenvalue weighted by molar-refractivity contribution is -0.112. The van der Waals surface area contributed by atoms with E-state index in [0.717, 1.165) is 21.2 Å². The largest absolute Gasteiger partial charge is 0.378 e. The predicted octanol–water partition coefficient (Wildman–Crippen LogP) is 5.36. The number of amides is 1. The fourth-order valence-electron chi connectivity index (χ4n) is 2.64. The third-order valence-electron chi connectivity index (χ3n) is 4.22. The average Bonchev–Trinajstić information content (AvgIpc) is 2.76. The summed E-state index contributed by atoms with van der Waals surface area (Å²) in [6.45, 7) is 0. The van der Waals surface area contributed by atoms with Gasteiger partial charge < -0.3 is 15.5 Å². The van der Waals surface area contributed by atoms with Gasteiger partial charge in [0.1, 0.15) is 11.6 Å². The zero-order valence-electron chi connectivity index (χ0n) is 16.8. The molecular formula is C24H22N4OS. The third-order valence-corrected chi connectivity index (χ3v) is 5.30. The van der Waals surface area contributed by atoms with Crippen molar-refractivity contribution in [3.8, 4) is 6.07 Å². The van der Waals surface area contributed by atoms with Crippen molar-refractivity contribution in [1.29, 1.82) is 5.26 Å². The number of rotatable bonds is 7. The first kappa shape index (κ1) is 21.0. The summed E-state index contributed by atoms with van der Waals surface area (Å²) < 4.78 is 0. The van der Waals surface area contributed by atoms with Crippen molar-refractivity contribution in [1.82, 2.24) is 0 Å². The van der Waals surface area contributed by atoms with Gasteiger partial charge in [-0.1, -0.05) is 48.2 Å². The van der Waals surface area contributed by atoms with Gasteiger partial charge in [0.2, 0.25) is 0 Å². The first-order chi connectivity index (χ1) is 14.6. The van der Waals surface area contributed by atoms with Crippen molar-refractivity contribution >= 4 is 34.7 Å². The summed E-state index contributed by atoms with van der Waals surface area (Å²) in [6.07, 6.45) is 1.43. The molecule has 3 aromatic carbocycles. The smallest absolute Gasteiger partial charge is 0.267 e. The molecular weight excluding hydrogens is 392 g/mol. The minimum atomic E-state index is -0.463. The van der Waals surface area contributed by atoms with Gasteiger partial charge in [-0.3, -0.25) is 4.79 Å². The Kier molecular flexibility index (Phi) is 7.14. The maximum Gasteiger partial charge on any atom is 0.267 e. The summed E-state index contributed by atoms with van der Waals surface area (Å²) in [5.41, 5.74) is 2.46. The molecule has 0 radical (unpaired) electrons. The standard InChI is InChI=1S/C24H22N4OS/c1-28(2)20-10-8-9-19(15-20)26-17-18(16-25)24(29)27-22-13-6-7-14-23(22)30-21-11-4-3-5-12-21/h3-15,17,26H,1-2H3,(H,27,29)/b18-17-. The van der Waals surface area contributed by atoms with Crippen LogP contribution in [0.2, 0.25) is 0 Å². The number of hydrogen-bond acceptors (Lipinski definition) is 5. The highest BCUT2D eigenvalue weighted by Gasteiger charge is 2.12. The second kappa shape index (κ2) is 10.2. The third kappa shape index (κ3) is 5.66. The normalized spacial score (nSPS) is 10.8. The second-order valence-electron chi connectivity index (χ2n) is 6.62. The van der Waals surface area contributed by atoms with Gasteiger partial charge >= 0.3 is 0 Å². The SMILES string of the molecule is CN(C)c1cccc(N/C=C(/C#N)C(=O)Nc2ccccc2Sc2ccccc2)c1. The van der Waals surface area contributed by atoms with Gasteiger partial charge in [-0.15, -0.1) is 0 Å². The van der Waals surface area contributed by atoms with Crippen molar-refractivity contribution in [2.24, 2.45) is 0 Å². The Bertz CT molecular complexity index is 1090. The van der Waals surface area contributed by atoms with Crippen molar-refractivity contribution in [3.63, 3.8) is 0 Å². The van der Waals surface area contributed by atoms with Gasteiger partial charge in [0, 0.05) is 41.5 Å². The van der Waals surface area contributed by atoms with Crippen LogP contribution >= 0.6 is 11.8 Å². The van der Waals surface area contributed by atoms with E-state index < -0.39 is 5.91 Å². The number of carbonyl (C=O) groups is 1. The number of nitrogens with one attached hydrogen (secondary N) is 2. The molecule has 0 spiro atoms. The lowest BCUT2D eigenvalue weighted by atomic mass is 10.2. The van der Waals surface area contributed by atoms with Crippen LogP contribution in [0.3, 0.4) is 0 Å². The van der Waals surface area contributed by atoms with Crippen LogP contribution in [0.15, 0.2) is 100 Å². The number of nitriles is 1. The zero-order valence-corrected chi connectivity index (χ0v) is 17.6. The van der Waals surface area contributed by atoms with E-state index in [-0.39, 0.29) is 5.57 Å². The summed E-state index contributed by atoms with van der Waals surface area (Å²) in [6, 6.07) is 27.1. The summed E-state index contributed by atoms with van der Waals surface area (Å²) in [5, 5.41) is 15.4. The molecule has 0 aliphatic rings. The molecule has 0 aromatic heterocycles. The van der Waals surface area contributed by atoms with Crippen LogP contribution in [-0.2, 0) is 4.79 Å². The highest BCUT2D eigenvalue weighted by molar-refractivity contribution is 7.99. The van der Waals surface area contributed by atoms with Gasteiger partial charge in [-0.25, -0.2) is 0 Å². The molecule has 3 rings (SSSR count). The molecule has 0 fully saturated rings. The molecule has 0 aliphatic heterocycles. The number of anilines is 3. The van der Waals surface area contributed by atoms with E-state index in [1.165, 1.54) is 6.20 Å². The molecule has 150 valence electrons. The molecule has 0 saturated heterocycles. The lowest BCUT2D eigenvalue weighted by Gasteiger charge is -2.13. The topological polar surface area (TPSA) is 68.2 Å². The second-order valence-corrected chi connectivity index (χ2v) is 7.74. The van der Waals surface area contributed by atoms with Crippen LogP contribution in [0.1, 0.15) is 0 Å². The van der Waals surface area contributed by atoms with Gasteiger partial charge in [0.15, 0.2) is 0 Å². The molecule has 0 unspecified atom stereocenters. The minimum absolute atomic E-state index is 0.00947. The van der Waals surface area contributed by atoms with E-state index in [1.54, 1.807) is 11.8 Å². The van der Waals surface area contributed by atoms with Crippen LogP contribution in [0, 0.1) is 11.3 Å². The Morgan fingerprint density at radius 2 is 1.73 bits per heavy atom. The predicted molar refractivity (Wildman–Crippen MR) is 124 cm³/mol. The highest BCUT2D eigenvalue weighted by atomic mass is 32.2. The quantitative estimate of drug-likeness (QED) is 0.402. The van der Waals surface area contributed by atoms with Crippen LogP contribution < -0.4 is 15.5 Å². The molecule has 1 amide bonds. The summed E-state index contributed by atoms with van der Waals surface area (Å²) in [5.74, 6) is -0.463. The fourth-order valence-corrected chi connectivity index (χ4v) is 3.56. The maximum absolute atomic E-state index is 12.7. The number of benzene rings is 3. The van der Waals surface area contributed by atoms with E-state index in [0.29, 0.717) is 5.69 Å². The molecule has 30 heavy (non-hydrogen) atoms. The van der Waals surface area contributed by atoms with Crippen LogP contribution in [0.4, 0.5) is 17.1 Å². The minimum Gasteiger partial charge on any atom is -0.378 e. The molecule has 6 heteroatoms. The van der Waals surface area contributed by atoms with E-state index in [9.17, 15) is 10.1 Å². The molecule has 0 bridgehead atoms. The van der Waals surface area contributed by atoms with Crippen molar-refractivity contribution in [2.45, 2.75) is 9.79 Å². The van der Waals surface area contributed by atoms with Gasteiger partial charge in [0.25, 0.3) is 5.91 Å². The molecule has 0 saturated carbocycles. The monoisotopic (exact) mass is 414 g/mol. The van der Waals surface area contributed by atoms with Crippen molar-refractivity contribution < 1.29 is 4.79 Å². The number of hydrogen-bond donors (Lipinski definition) is 2. The molecule has 5 nitrogen and oxygen atoms in total. The molecule has 2 N–H and O–H groups in total. The Balaban J connectivity index is 1.74. The van der Waals surface area contributed by atoms with E-state index in [2.05, 4.69) is 10.6 Å². The van der Waals surface area contributed by atoms with E-state index >= 15 is 0 Å². The van der Waals surface area contributed by atoms with Gasteiger partial charge in [-0.05, 0) is 42.5 Å². The van der Waals surface area contributed by atoms with Crippen LogP contribution in [0.5, 0.6) is 0 Å². The number of nitrogens with zero attached hydrogens (tertiary/aromatic N) is 2. The fraction of sp³-hybridized carbons (Fsp3) is 0.0833. The number of carbonyl (C=O) groups excluding carboxylic acids is 1. The van der Waals surface area contributed by atoms with Gasteiger partial charge in [0.05, 0.1) is 5.69 Å². The Morgan fingerprint density at radius 1 is 1.00 bits per heavy atom.